The Morgan fingerprint density at radius 3 is 2.80 bits per heavy atom. The summed E-state index contributed by atoms with van der Waals surface area (Å²) >= 11 is 3.02. The number of nitrogens with zero attached hydrogens (tertiary/aromatic N) is 1. The topological polar surface area (TPSA) is 38.9 Å². The third kappa shape index (κ3) is 1.26. The normalized spacial score (nSPS) is 9.90. The SMILES string of the molecule is Cc1c(F)cc(Br)nc1N. The zero-order valence-electron chi connectivity index (χ0n) is 5.36. The van der Waals surface area contributed by atoms with Crippen molar-refractivity contribution in [2.24, 2.45) is 0 Å². The minimum atomic E-state index is -0.334. The molecule has 1 aromatic rings. The molecule has 0 aliphatic carbocycles. The Bertz CT molecular complexity index is 239. The second-order valence-electron chi connectivity index (χ2n) is 1.94. The summed E-state index contributed by atoms with van der Waals surface area (Å²) in [6, 6.07) is 1.28. The second-order valence-corrected chi connectivity index (χ2v) is 2.75. The summed E-state index contributed by atoms with van der Waals surface area (Å²) in [5.74, 6) is -0.105. The van der Waals surface area contributed by atoms with Crippen LogP contribution in [-0.2, 0) is 0 Å². The number of nitrogen functional groups attached to an aromatic ring is 1. The van der Waals surface area contributed by atoms with Crippen LogP contribution in [0.4, 0.5) is 10.2 Å². The molecule has 0 aromatic carbocycles. The van der Waals surface area contributed by atoms with Gasteiger partial charge in [0.25, 0.3) is 0 Å². The lowest BCUT2D eigenvalue weighted by Crippen LogP contribution is -1.96. The average molecular weight is 205 g/mol. The summed E-state index contributed by atoms with van der Waals surface area (Å²) in [5.41, 5.74) is 5.73. The molecule has 0 unspecified atom stereocenters. The Kier molecular flexibility index (Phi) is 1.89. The maximum Gasteiger partial charge on any atom is 0.132 e. The molecule has 0 bridgehead atoms. The van der Waals surface area contributed by atoms with Crippen LogP contribution < -0.4 is 5.73 Å². The largest absolute Gasteiger partial charge is 0.383 e. The highest BCUT2D eigenvalue weighted by atomic mass is 79.9. The number of anilines is 1. The third-order valence-corrected chi connectivity index (χ3v) is 1.62. The van der Waals surface area contributed by atoms with Gasteiger partial charge in [0.1, 0.15) is 16.2 Å². The number of aromatic nitrogens is 1. The molecule has 0 fully saturated rings. The molecule has 2 nitrogen and oxygen atoms in total. The van der Waals surface area contributed by atoms with Crippen molar-refractivity contribution < 1.29 is 4.39 Å². The molecular weight excluding hydrogens is 199 g/mol. The quantitative estimate of drug-likeness (QED) is 0.656. The molecule has 0 atom stereocenters. The van der Waals surface area contributed by atoms with E-state index in [4.69, 9.17) is 5.73 Å². The number of halogens is 2. The van der Waals surface area contributed by atoms with Crippen LogP contribution in [0.15, 0.2) is 10.7 Å². The molecule has 1 rings (SSSR count). The van der Waals surface area contributed by atoms with Crippen LogP contribution in [0.1, 0.15) is 5.56 Å². The van der Waals surface area contributed by atoms with E-state index in [1.54, 1.807) is 6.92 Å². The van der Waals surface area contributed by atoms with Crippen molar-refractivity contribution in [3.63, 3.8) is 0 Å². The smallest absolute Gasteiger partial charge is 0.132 e. The van der Waals surface area contributed by atoms with Gasteiger partial charge in [-0.25, -0.2) is 9.37 Å². The number of nitrogens with two attached hydrogens (primary N) is 1. The molecule has 0 saturated carbocycles. The first-order valence-corrected chi connectivity index (χ1v) is 3.48. The van der Waals surface area contributed by atoms with Gasteiger partial charge in [-0.3, -0.25) is 0 Å². The van der Waals surface area contributed by atoms with E-state index in [1.807, 2.05) is 0 Å². The van der Waals surface area contributed by atoms with Crippen molar-refractivity contribution in [3.05, 3.63) is 22.1 Å². The van der Waals surface area contributed by atoms with Gasteiger partial charge in [0.15, 0.2) is 0 Å². The zero-order chi connectivity index (χ0) is 7.72. The third-order valence-electron chi connectivity index (χ3n) is 1.22. The predicted octanol–water partition coefficient (Wildman–Crippen LogP) is 1.87. The highest BCUT2D eigenvalue weighted by molar-refractivity contribution is 9.10. The lowest BCUT2D eigenvalue weighted by atomic mass is 10.3. The Morgan fingerprint density at radius 1 is 1.70 bits per heavy atom. The highest BCUT2D eigenvalue weighted by Crippen LogP contribution is 2.16. The molecule has 0 radical (unpaired) electrons. The first-order valence-electron chi connectivity index (χ1n) is 2.69. The van der Waals surface area contributed by atoms with E-state index in [0.717, 1.165) is 0 Å². The van der Waals surface area contributed by atoms with Gasteiger partial charge in [-0.2, -0.15) is 0 Å². The number of pyridine rings is 1. The molecule has 0 aliphatic heterocycles. The van der Waals surface area contributed by atoms with Gasteiger partial charge in [0.05, 0.1) is 0 Å². The van der Waals surface area contributed by atoms with Gasteiger partial charge >= 0.3 is 0 Å². The van der Waals surface area contributed by atoms with E-state index in [1.165, 1.54) is 6.07 Å². The summed E-state index contributed by atoms with van der Waals surface area (Å²) < 4.78 is 13.1. The summed E-state index contributed by atoms with van der Waals surface area (Å²) in [7, 11) is 0. The van der Waals surface area contributed by atoms with Gasteiger partial charge in [-0.15, -0.1) is 0 Å². The van der Waals surface area contributed by atoms with Crippen LogP contribution >= 0.6 is 15.9 Å². The molecule has 10 heavy (non-hydrogen) atoms. The Morgan fingerprint density at radius 2 is 2.30 bits per heavy atom. The fourth-order valence-corrected chi connectivity index (χ4v) is 0.958. The minimum Gasteiger partial charge on any atom is -0.383 e. The standard InChI is InChI=1S/C6H6BrFN2/c1-3-4(8)2-5(7)10-6(3)9/h2H,1H3,(H2,9,10). The second kappa shape index (κ2) is 2.54. The highest BCUT2D eigenvalue weighted by Gasteiger charge is 2.02. The molecule has 0 aliphatic rings. The van der Waals surface area contributed by atoms with Crippen molar-refractivity contribution in [2.45, 2.75) is 6.92 Å². The van der Waals surface area contributed by atoms with Crippen molar-refractivity contribution in [1.82, 2.24) is 4.98 Å². The number of rotatable bonds is 0. The first-order chi connectivity index (χ1) is 4.61. The average Bonchev–Trinajstić information content (AvgIpc) is 1.82. The molecule has 0 amide bonds. The van der Waals surface area contributed by atoms with Crippen LogP contribution in [0.3, 0.4) is 0 Å². The van der Waals surface area contributed by atoms with Crippen molar-refractivity contribution in [3.8, 4) is 0 Å². The summed E-state index contributed by atoms with van der Waals surface area (Å²) in [5, 5.41) is 0. The van der Waals surface area contributed by atoms with E-state index >= 15 is 0 Å². The fraction of sp³-hybridized carbons (Fsp3) is 0.167. The van der Waals surface area contributed by atoms with Gasteiger partial charge < -0.3 is 5.73 Å². The van der Waals surface area contributed by atoms with Crippen LogP contribution in [-0.4, -0.2) is 4.98 Å². The monoisotopic (exact) mass is 204 g/mol. The van der Waals surface area contributed by atoms with Gasteiger partial charge in [0.2, 0.25) is 0 Å². The van der Waals surface area contributed by atoms with Gasteiger partial charge in [0, 0.05) is 11.6 Å². The van der Waals surface area contributed by atoms with Crippen LogP contribution in [0.2, 0.25) is 0 Å². The maximum atomic E-state index is 12.7. The van der Waals surface area contributed by atoms with E-state index in [9.17, 15) is 4.39 Å². The summed E-state index contributed by atoms with van der Waals surface area (Å²) in [6.07, 6.45) is 0. The predicted molar refractivity (Wildman–Crippen MR) is 41.0 cm³/mol. The first kappa shape index (κ1) is 7.47. The Balaban J connectivity index is 3.31. The molecule has 0 spiro atoms. The molecular formula is C6H6BrFN2. The zero-order valence-corrected chi connectivity index (χ0v) is 6.94. The van der Waals surface area contributed by atoms with Crippen molar-refractivity contribution >= 4 is 21.7 Å². The Labute approximate surface area is 66.4 Å². The van der Waals surface area contributed by atoms with Crippen molar-refractivity contribution in [2.75, 3.05) is 5.73 Å². The molecule has 1 aromatic heterocycles. The molecule has 2 N–H and O–H groups in total. The molecule has 54 valence electrons. The van der Waals surface area contributed by atoms with Crippen LogP contribution in [0.5, 0.6) is 0 Å². The fourth-order valence-electron chi connectivity index (χ4n) is 0.566. The van der Waals surface area contributed by atoms with Crippen LogP contribution in [0, 0.1) is 12.7 Å². The molecule has 0 saturated heterocycles. The summed E-state index contributed by atoms with van der Waals surface area (Å²) in [6.45, 7) is 1.59. The lowest BCUT2D eigenvalue weighted by Gasteiger charge is -1.99. The van der Waals surface area contributed by atoms with E-state index in [2.05, 4.69) is 20.9 Å². The van der Waals surface area contributed by atoms with E-state index < -0.39 is 0 Å². The maximum absolute atomic E-state index is 12.7. The van der Waals surface area contributed by atoms with Gasteiger partial charge in [-0.05, 0) is 22.9 Å². The number of hydrogen-bond acceptors (Lipinski definition) is 2. The minimum absolute atomic E-state index is 0.229. The van der Waals surface area contributed by atoms with Gasteiger partial charge in [-0.1, -0.05) is 0 Å². The van der Waals surface area contributed by atoms with Crippen LogP contribution in [0.25, 0.3) is 0 Å². The number of hydrogen-bond donors (Lipinski definition) is 1. The van der Waals surface area contributed by atoms with Crippen molar-refractivity contribution in [1.29, 1.82) is 0 Å². The summed E-state index contributed by atoms with van der Waals surface area (Å²) in [4.78, 5) is 3.79. The van der Waals surface area contributed by atoms with E-state index in [-0.39, 0.29) is 11.6 Å². The lowest BCUT2D eigenvalue weighted by molar-refractivity contribution is 0.616. The Hall–Kier alpha value is -0.640. The van der Waals surface area contributed by atoms with E-state index in [0.29, 0.717) is 10.2 Å². The molecule has 4 heteroatoms. The molecule has 1 heterocycles.